The van der Waals surface area contributed by atoms with E-state index in [1.807, 2.05) is 40.8 Å². The van der Waals surface area contributed by atoms with Gasteiger partial charge in [0, 0.05) is 23.2 Å². The van der Waals surface area contributed by atoms with Crippen molar-refractivity contribution < 1.29 is 28.4 Å². The maximum atomic E-state index is 12.4. The number of amides is 2. The molecule has 1 aromatic heterocycles. The number of nitro groups is 1. The van der Waals surface area contributed by atoms with Crippen molar-refractivity contribution in [1.29, 1.82) is 0 Å². The van der Waals surface area contributed by atoms with Crippen LogP contribution < -0.4 is 20.2 Å². The Morgan fingerprint density at radius 2 is 1.92 bits per heavy atom. The third-order valence-electron chi connectivity index (χ3n) is 4.97. The number of methoxy groups -OCH3 is 1. The summed E-state index contributed by atoms with van der Waals surface area (Å²) in [5, 5.41) is 18.0. The number of nitro benzene ring substituents is 1. The summed E-state index contributed by atoms with van der Waals surface area (Å²) in [5.41, 5.74) is 3.85. The normalized spacial score (nSPS) is 10.9. The van der Waals surface area contributed by atoms with Crippen molar-refractivity contribution in [1.82, 2.24) is 5.43 Å². The third kappa shape index (κ3) is 6.41. The molecule has 0 saturated carbocycles. The van der Waals surface area contributed by atoms with Crippen LogP contribution in [0.25, 0.3) is 11.0 Å². The highest BCUT2D eigenvalue weighted by molar-refractivity contribution is 14.1. The second-order valence-electron chi connectivity index (χ2n) is 7.53. The van der Waals surface area contributed by atoms with Crippen LogP contribution in [0.2, 0.25) is 0 Å². The van der Waals surface area contributed by atoms with Gasteiger partial charge in [0.25, 0.3) is 11.6 Å². The molecule has 0 aliphatic carbocycles. The number of non-ortho nitro benzene ring substituents is 1. The summed E-state index contributed by atoms with van der Waals surface area (Å²) in [6.07, 6.45) is 1.40. The monoisotopic (exact) mass is 614 g/mol. The number of benzene rings is 3. The number of nitrogens with one attached hydrogen (secondary N) is 2. The summed E-state index contributed by atoms with van der Waals surface area (Å²) in [5.74, 6) is -0.217. The van der Waals surface area contributed by atoms with Crippen LogP contribution in [0, 0.1) is 13.7 Å². The first-order chi connectivity index (χ1) is 17.8. The minimum absolute atomic E-state index is 0.0441. The van der Waals surface area contributed by atoms with Crippen molar-refractivity contribution >= 4 is 63.0 Å². The molecule has 4 rings (SSSR count). The number of ether oxygens (including phenoxy) is 2. The number of hydrazone groups is 1. The highest BCUT2D eigenvalue weighted by Crippen LogP contribution is 2.33. The van der Waals surface area contributed by atoms with E-state index >= 15 is 0 Å². The zero-order chi connectivity index (χ0) is 26.4. The summed E-state index contributed by atoms with van der Waals surface area (Å²) >= 11 is 2.05. The lowest BCUT2D eigenvalue weighted by atomic mass is 10.2. The molecule has 3 aromatic carbocycles. The maximum Gasteiger partial charge on any atom is 0.307 e. The number of hydrogen-bond acceptors (Lipinski definition) is 8. The smallest absolute Gasteiger partial charge is 0.307 e. The van der Waals surface area contributed by atoms with E-state index in [9.17, 15) is 19.7 Å². The predicted molar refractivity (Wildman–Crippen MR) is 144 cm³/mol. The topological polar surface area (TPSA) is 145 Å². The molecule has 0 fully saturated rings. The van der Waals surface area contributed by atoms with E-state index in [0.717, 1.165) is 0 Å². The third-order valence-corrected chi connectivity index (χ3v) is 5.77. The first-order valence-corrected chi connectivity index (χ1v) is 11.8. The van der Waals surface area contributed by atoms with E-state index in [1.165, 1.54) is 37.6 Å². The molecular weight excluding hydrogens is 595 g/mol. The number of anilines is 1. The molecule has 0 radical (unpaired) electrons. The fourth-order valence-electron chi connectivity index (χ4n) is 3.29. The molecule has 0 aliphatic heterocycles. The second-order valence-corrected chi connectivity index (χ2v) is 8.69. The van der Waals surface area contributed by atoms with Crippen molar-refractivity contribution in [2.75, 3.05) is 19.0 Å². The highest BCUT2D eigenvalue weighted by atomic mass is 127. The van der Waals surface area contributed by atoms with Crippen molar-refractivity contribution in [3.05, 3.63) is 91.7 Å². The Bertz CT molecular complexity index is 1500. The van der Waals surface area contributed by atoms with Crippen LogP contribution in [0.15, 0.2) is 76.2 Å². The van der Waals surface area contributed by atoms with Crippen molar-refractivity contribution in [3.63, 3.8) is 0 Å². The van der Waals surface area contributed by atoms with Gasteiger partial charge in [-0.1, -0.05) is 18.2 Å². The van der Waals surface area contributed by atoms with Gasteiger partial charge in [-0.3, -0.25) is 19.7 Å². The average molecular weight is 614 g/mol. The number of carbonyl (C=O) groups excluding carboxylic acids is 2. The fourth-order valence-corrected chi connectivity index (χ4v) is 4.07. The van der Waals surface area contributed by atoms with Crippen molar-refractivity contribution in [3.8, 4) is 11.5 Å². The Morgan fingerprint density at radius 3 is 2.65 bits per heavy atom. The van der Waals surface area contributed by atoms with Crippen molar-refractivity contribution in [2.45, 2.75) is 0 Å². The molecule has 2 N–H and O–H groups in total. The Kier molecular flexibility index (Phi) is 7.98. The molecule has 2 amide bonds. The standard InChI is InChI=1S/C25H19IN4O7/c1-35-21-10-15(9-19(26)24(21)36-14-23(31)28-17-5-3-2-4-6-17)13-27-29-25(32)22-12-16-11-18(30(33)34)7-8-20(16)37-22/h2-13H,14H2,1H3,(H,28,31)(H,29,32)/b27-13+. The lowest BCUT2D eigenvalue weighted by Crippen LogP contribution is -2.20. The summed E-state index contributed by atoms with van der Waals surface area (Å²) in [6.45, 7) is -0.217. The summed E-state index contributed by atoms with van der Waals surface area (Å²) in [7, 11) is 1.47. The molecule has 0 spiro atoms. The molecule has 0 unspecified atom stereocenters. The van der Waals surface area contributed by atoms with Gasteiger partial charge < -0.3 is 19.2 Å². The minimum Gasteiger partial charge on any atom is -0.493 e. The molecule has 0 saturated heterocycles. The minimum atomic E-state index is -0.624. The van der Waals surface area contributed by atoms with E-state index in [4.69, 9.17) is 13.9 Å². The first kappa shape index (κ1) is 25.6. The quantitative estimate of drug-likeness (QED) is 0.120. The van der Waals surface area contributed by atoms with E-state index in [1.54, 1.807) is 24.3 Å². The van der Waals surface area contributed by atoms with Gasteiger partial charge in [0.2, 0.25) is 0 Å². The van der Waals surface area contributed by atoms with Crippen LogP contribution >= 0.6 is 22.6 Å². The van der Waals surface area contributed by atoms with Crippen molar-refractivity contribution in [2.24, 2.45) is 5.10 Å². The predicted octanol–water partition coefficient (Wildman–Crippen LogP) is 4.74. The first-order valence-electron chi connectivity index (χ1n) is 10.7. The molecule has 12 heteroatoms. The number of carbonyl (C=O) groups is 2. The molecule has 4 aromatic rings. The van der Waals surface area contributed by atoms with Crippen LogP contribution in [0.1, 0.15) is 16.1 Å². The molecule has 188 valence electrons. The van der Waals surface area contributed by atoms with Gasteiger partial charge in [0.05, 0.1) is 21.8 Å². The fraction of sp³-hybridized carbons (Fsp3) is 0.0800. The molecule has 11 nitrogen and oxygen atoms in total. The second kappa shape index (κ2) is 11.5. The lowest BCUT2D eigenvalue weighted by molar-refractivity contribution is -0.384. The van der Waals surface area contributed by atoms with Gasteiger partial charge in [-0.15, -0.1) is 0 Å². The number of rotatable bonds is 9. The Hall–Kier alpha value is -4.46. The number of hydrogen-bond donors (Lipinski definition) is 2. The highest BCUT2D eigenvalue weighted by Gasteiger charge is 2.16. The van der Waals surface area contributed by atoms with Gasteiger partial charge in [0.1, 0.15) is 5.58 Å². The summed E-state index contributed by atoms with van der Waals surface area (Å²) in [4.78, 5) is 35.0. The lowest BCUT2D eigenvalue weighted by Gasteiger charge is -2.13. The van der Waals surface area contributed by atoms with E-state index < -0.39 is 10.8 Å². The Morgan fingerprint density at radius 1 is 1.14 bits per heavy atom. The molecule has 37 heavy (non-hydrogen) atoms. The number of fused-ring (bicyclic) bond motifs is 1. The van der Waals surface area contributed by atoms with E-state index in [0.29, 0.717) is 37.3 Å². The van der Waals surface area contributed by atoms with Crippen LogP contribution in [0.5, 0.6) is 11.5 Å². The van der Waals surface area contributed by atoms with Crippen LogP contribution in [-0.4, -0.2) is 36.7 Å². The maximum absolute atomic E-state index is 12.4. The van der Waals surface area contributed by atoms with E-state index in [-0.39, 0.29) is 24.0 Å². The zero-order valence-electron chi connectivity index (χ0n) is 19.3. The number of para-hydroxylation sites is 1. The van der Waals surface area contributed by atoms with Gasteiger partial charge >= 0.3 is 5.91 Å². The molecule has 1 heterocycles. The van der Waals surface area contributed by atoms with Crippen LogP contribution in [0.3, 0.4) is 0 Å². The molecular formula is C25H19IN4O7. The van der Waals surface area contributed by atoms with Gasteiger partial charge in [-0.2, -0.15) is 5.10 Å². The largest absolute Gasteiger partial charge is 0.493 e. The Balaban J connectivity index is 1.39. The average Bonchev–Trinajstić information content (AvgIpc) is 3.32. The van der Waals surface area contributed by atoms with Crippen LogP contribution in [0.4, 0.5) is 11.4 Å². The number of nitrogens with zero attached hydrogens (tertiary/aromatic N) is 2. The number of furan rings is 1. The SMILES string of the molecule is COc1cc(/C=N/NC(=O)c2cc3cc([N+](=O)[O-])ccc3o2)cc(I)c1OCC(=O)Nc1ccccc1. The molecule has 0 atom stereocenters. The van der Waals surface area contributed by atoms with Gasteiger partial charge in [-0.05, 0) is 64.6 Å². The van der Waals surface area contributed by atoms with E-state index in [2.05, 4.69) is 15.8 Å². The van der Waals surface area contributed by atoms with Gasteiger partial charge in [-0.25, -0.2) is 5.43 Å². The summed E-state index contributed by atoms with van der Waals surface area (Å²) in [6, 6.07) is 17.9. The Labute approximate surface area is 223 Å². The molecule has 0 bridgehead atoms. The van der Waals surface area contributed by atoms with Crippen LogP contribution in [-0.2, 0) is 4.79 Å². The molecule has 0 aliphatic rings. The van der Waals surface area contributed by atoms with Gasteiger partial charge in [0.15, 0.2) is 23.9 Å². The zero-order valence-corrected chi connectivity index (χ0v) is 21.4. The number of halogens is 1. The summed E-state index contributed by atoms with van der Waals surface area (Å²) < 4.78 is 17.2.